The van der Waals surface area contributed by atoms with E-state index in [1.54, 1.807) is 12.1 Å². The molecule has 0 atom stereocenters. The van der Waals surface area contributed by atoms with E-state index in [1.165, 1.54) is 6.07 Å². The molecule has 0 aliphatic heterocycles. The Bertz CT molecular complexity index is 637. The Morgan fingerprint density at radius 3 is 2.85 bits per heavy atom. The van der Waals surface area contributed by atoms with Gasteiger partial charge in [0.2, 0.25) is 0 Å². The lowest BCUT2D eigenvalue weighted by Crippen LogP contribution is -2.08. The Labute approximate surface area is 125 Å². The maximum absolute atomic E-state index is 11.2. The molecule has 0 bridgehead atoms. The molecule has 0 amide bonds. The van der Waals surface area contributed by atoms with Crippen LogP contribution in [0.2, 0.25) is 0 Å². The second-order valence-electron chi connectivity index (χ2n) is 4.33. The average molecular weight is 339 g/mol. The Hall–Kier alpha value is -1.82. The third-order valence-corrected chi connectivity index (χ3v) is 3.33. The van der Waals surface area contributed by atoms with Gasteiger partial charge in [0, 0.05) is 11.0 Å². The van der Waals surface area contributed by atoms with Crippen LogP contribution < -0.4 is 4.74 Å². The van der Waals surface area contributed by atoms with E-state index in [-0.39, 0.29) is 12.2 Å². The predicted octanol–water partition coefficient (Wildman–Crippen LogP) is 3.25. The number of nitrogens with zero attached hydrogens (tertiary/aromatic N) is 2. The van der Waals surface area contributed by atoms with Crippen molar-refractivity contribution >= 4 is 21.9 Å². The van der Waals surface area contributed by atoms with Gasteiger partial charge in [-0.2, -0.15) is 5.10 Å². The first kappa shape index (κ1) is 14.6. The number of aromatic nitrogens is 2. The SMILES string of the molecule is CCn1nc(C)cc1COc1ccc(Br)cc1C(=O)O. The molecule has 0 saturated carbocycles. The van der Waals surface area contributed by atoms with Gasteiger partial charge in [-0.15, -0.1) is 0 Å². The highest BCUT2D eigenvalue weighted by atomic mass is 79.9. The Kier molecular flexibility index (Phi) is 4.44. The Morgan fingerprint density at radius 2 is 2.20 bits per heavy atom. The van der Waals surface area contributed by atoms with Gasteiger partial charge in [-0.3, -0.25) is 4.68 Å². The molecule has 0 fully saturated rings. The van der Waals surface area contributed by atoms with Crippen LogP contribution in [0.1, 0.15) is 28.7 Å². The van der Waals surface area contributed by atoms with Gasteiger partial charge in [0.1, 0.15) is 17.9 Å². The van der Waals surface area contributed by atoms with Crippen LogP contribution in [-0.4, -0.2) is 20.9 Å². The molecule has 0 unspecified atom stereocenters. The number of rotatable bonds is 5. The summed E-state index contributed by atoms with van der Waals surface area (Å²) in [6.45, 7) is 4.95. The highest BCUT2D eigenvalue weighted by Crippen LogP contribution is 2.24. The molecule has 1 aromatic carbocycles. The zero-order valence-electron chi connectivity index (χ0n) is 11.3. The fourth-order valence-corrected chi connectivity index (χ4v) is 2.30. The highest BCUT2D eigenvalue weighted by molar-refractivity contribution is 9.10. The molecule has 0 radical (unpaired) electrons. The van der Waals surface area contributed by atoms with Gasteiger partial charge >= 0.3 is 5.97 Å². The van der Waals surface area contributed by atoms with Gasteiger partial charge in [0.15, 0.2) is 0 Å². The van der Waals surface area contributed by atoms with Gasteiger partial charge in [-0.1, -0.05) is 15.9 Å². The van der Waals surface area contributed by atoms with Crippen molar-refractivity contribution in [1.29, 1.82) is 0 Å². The van der Waals surface area contributed by atoms with Crippen LogP contribution in [0.4, 0.5) is 0 Å². The quantitative estimate of drug-likeness (QED) is 0.908. The van der Waals surface area contributed by atoms with Crippen LogP contribution >= 0.6 is 15.9 Å². The standard InChI is InChI=1S/C14H15BrN2O3/c1-3-17-11(6-9(2)16-17)8-20-13-5-4-10(15)7-12(13)14(18)19/h4-7H,3,8H2,1-2H3,(H,18,19). The lowest BCUT2D eigenvalue weighted by molar-refractivity contribution is 0.0691. The fraction of sp³-hybridized carbons (Fsp3) is 0.286. The van der Waals surface area contributed by atoms with Crippen molar-refractivity contribution in [2.45, 2.75) is 27.0 Å². The molecule has 0 aliphatic rings. The summed E-state index contributed by atoms with van der Waals surface area (Å²) in [5, 5.41) is 13.5. The zero-order chi connectivity index (χ0) is 14.7. The molecular formula is C14H15BrN2O3. The largest absolute Gasteiger partial charge is 0.486 e. The monoisotopic (exact) mass is 338 g/mol. The molecule has 2 aromatic rings. The van der Waals surface area contributed by atoms with E-state index in [1.807, 2.05) is 24.6 Å². The van der Waals surface area contributed by atoms with Gasteiger partial charge < -0.3 is 9.84 Å². The average Bonchev–Trinajstić information content (AvgIpc) is 2.77. The number of aromatic carboxylic acids is 1. The van der Waals surface area contributed by atoms with Crippen LogP contribution in [-0.2, 0) is 13.2 Å². The van der Waals surface area contributed by atoms with Crippen molar-refractivity contribution < 1.29 is 14.6 Å². The van der Waals surface area contributed by atoms with E-state index in [9.17, 15) is 9.90 Å². The van der Waals surface area contributed by atoms with Crippen molar-refractivity contribution in [3.8, 4) is 5.75 Å². The maximum atomic E-state index is 11.2. The van der Waals surface area contributed by atoms with Crippen LogP contribution in [0.3, 0.4) is 0 Å². The van der Waals surface area contributed by atoms with Gasteiger partial charge in [-0.25, -0.2) is 4.79 Å². The lowest BCUT2D eigenvalue weighted by atomic mass is 10.2. The number of halogens is 1. The summed E-state index contributed by atoms with van der Waals surface area (Å²) in [7, 11) is 0. The van der Waals surface area contributed by atoms with Crippen molar-refractivity contribution in [2.24, 2.45) is 0 Å². The highest BCUT2D eigenvalue weighted by Gasteiger charge is 2.13. The number of hydrogen-bond donors (Lipinski definition) is 1. The Balaban J connectivity index is 2.20. The number of hydrogen-bond acceptors (Lipinski definition) is 3. The van der Waals surface area contributed by atoms with Crippen molar-refractivity contribution in [1.82, 2.24) is 9.78 Å². The predicted molar refractivity (Wildman–Crippen MR) is 78.1 cm³/mol. The molecule has 0 spiro atoms. The second kappa shape index (κ2) is 6.09. The molecule has 0 aliphatic carbocycles. The molecule has 2 rings (SSSR count). The minimum Gasteiger partial charge on any atom is -0.486 e. The minimum absolute atomic E-state index is 0.138. The van der Waals surface area contributed by atoms with E-state index in [2.05, 4.69) is 21.0 Å². The van der Waals surface area contributed by atoms with E-state index in [0.29, 0.717) is 10.2 Å². The topological polar surface area (TPSA) is 64.4 Å². The normalized spacial score (nSPS) is 10.6. The fourth-order valence-electron chi connectivity index (χ4n) is 1.94. The Morgan fingerprint density at radius 1 is 1.45 bits per heavy atom. The van der Waals surface area contributed by atoms with E-state index >= 15 is 0 Å². The summed E-state index contributed by atoms with van der Waals surface area (Å²) in [5.74, 6) is -0.663. The number of carbonyl (C=O) groups is 1. The van der Waals surface area contributed by atoms with E-state index in [4.69, 9.17) is 4.74 Å². The number of ether oxygens (including phenoxy) is 1. The molecule has 6 heteroatoms. The van der Waals surface area contributed by atoms with E-state index in [0.717, 1.165) is 17.9 Å². The number of carboxylic acid groups (broad SMARTS) is 1. The third kappa shape index (κ3) is 3.19. The molecule has 5 nitrogen and oxygen atoms in total. The molecule has 1 N–H and O–H groups in total. The number of benzene rings is 1. The van der Waals surface area contributed by atoms with Crippen molar-refractivity contribution in [3.05, 3.63) is 45.7 Å². The molecule has 106 valence electrons. The molecule has 1 heterocycles. The van der Waals surface area contributed by atoms with Gasteiger partial charge in [-0.05, 0) is 38.1 Å². The first-order chi connectivity index (χ1) is 9.51. The molecule has 0 saturated heterocycles. The number of carboxylic acids is 1. The molecular weight excluding hydrogens is 324 g/mol. The van der Waals surface area contributed by atoms with Gasteiger partial charge in [0.05, 0.1) is 11.4 Å². The zero-order valence-corrected chi connectivity index (χ0v) is 12.8. The summed E-state index contributed by atoms with van der Waals surface area (Å²) in [6.07, 6.45) is 0. The van der Waals surface area contributed by atoms with Crippen LogP contribution in [0.25, 0.3) is 0 Å². The van der Waals surface area contributed by atoms with Crippen LogP contribution in [0, 0.1) is 6.92 Å². The summed E-state index contributed by atoms with van der Waals surface area (Å²) >= 11 is 3.25. The third-order valence-electron chi connectivity index (χ3n) is 2.83. The smallest absolute Gasteiger partial charge is 0.339 e. The molecule has 1 aromatic heterocycles. The van der Waals surface area contributed by atoms with E-state index < -0.39 is 5.97 Å². The lowest BCUT2D eigenvalue weighted by Gasteiger charge is -2.10. The summed E-state index contributed by atoms with van der Waals surface area (Å²) in [6, 6.07) is 6.86. The summed E-state index contributed by atoms with van der Waals surface area (Å²) in [4.78, 5) is 11.2. The van der Waals surface area contributed by atoms with Crippen molar-refractivity contribution in [3.63, 3.8) is 0 Å². The van der Waals surface area contributed by atoms with Crippen LogP contribution in [0.15, 0.2) is 28.7 Å². The van der Waals surface area contributed by atoms with Crippen molar-refractivity contribution in [2.75, 3.05) is 0 Å². The molecule has 20 heavy (non-hydrogen) atoms. The van der Waals surface area contributed by atoms with Crippen LogP contribution in [0.5, 0.6) is 5.75 Å². The number of aryl methyl sites for hydroxylation is 2. The summed E-state index contributed by atoms with van der Waals surface area (Å²) < 4.78 is 8.18. The first-order valence-corrected chi connectivity index (χ1v) is 6.99. The van der Waals surface area contributed by atoms with Gasteiger partial charge in [0.25, 0.3) is 0 Å². The summed E-state index contributed by atoms with van der Waals surface area (Å²) in [5.41, 5.74) is 1.97. The minimum atomic E-state index is -1.01. The second-order valence-corrected chi connectivity index (χ2v) is 5.24. The maximum Gasteiger partial charge on any atom is 0.339 e. The first-order valence-electron chi connectivity index (χ1n) is 6.20.